The third-order valence-electron chi connectivity index (χ3n) is 4.28. The predicted octanol–water partition coefficient (Wildman–Crippen LogP) is 2.59. The Balaban J connectivity index is 2.29. The summed E-state index contributed by atoms with van der Waals surface area (Å²) in [6.07, 6.45) is 0. The van der Waals surface area contributed by atoms with E-state index in [0.717, 1.165) is 0 Å². The highest BCUT2D eigenvalue weighted by Gasteiger charge is 2.38. The number of hydrogen-bond acceptors (Lipinski definition) is 0. The fraction of sp³-hybridized carbons (Fsp3) is 0.100. The van der Waals surface area contributed by atoms with E-state index in [9.17, 15) is 5.11 Å². The fourth-order valence-electron chi connectivity index (χ4n) is 3.25. The molecular weight excluding hydrogens is 284 g/mol. The maximum Gasteiger partial charge on any atom is 0.150 e. The Labute approximate surface area is 132 Å². The van der Waals surface area contributed by atoms with E-state index in [0.29, 0.717) is 6.04 Å². The molecule has 0 aliphatic heterocycles. The lowest BCUT2D eigenvalue weighted by Gasteiger charge is -2.33. The van der Waals surface area contributed by atoms with Gasteiger partial charge in [-0.1, -0.05) is 91.0 Å². The smallest absolute Gasteiger partial charge is 0.150 e. The second kappa shape index (κ2) is 6.73. The van der Waals surface area contributed by atoms with Crippen molar-refractivity contribution in [3.63, 3.8) is 0 Å². The molecule has 0 spiro atoms. The van der Waals surface area contributed by atoms with Gasteiger partial charge in [0.15, 0.2) is 8.07 Å². The first-order valence-corrected chi connectivity index (χ1v) is 9.83. The van der Waals surface area contributed by atoms with Gasteiger partial charge in [-0.25, -0.2) is 5.11 Å². The average Bonchev–Trinajstić information content (AvgIpc) is 2.62. The molecule has 0 heterocycles. The number of rotatable bonds is 5. The zero-order valence-corrected chi connectivity index (χ0v) is 13.5. The quantitative estimate of drug-likeness (QED) is 0.510. The molecular formula is C20H19OSi. The summed E-state index contributed by atoms with van der Waals surface area (Å²) in [6.45, 7) is -0.0507. The summed E-state index contributed by atoms with van der Waals surface area (Å²) in [7, 11) is -2.24. The molecule has 2 heteroatoms. The molecule has 0 aromatic heterocycles. The second-order valence-corrected chi connectivity index (χ2v) is 9.50. The van der Waals surface area contributed by atoms with Crippen molar-refractivity contribution in [2.75, 3.05) is 6.61 Å². The molecule has 22 heavy (non-hydrogen) atoms. The maximum absolute atomic E-state index is 11.7. The van der Waals surface area contributed by atoms with E-state index in [1.165, 1.54) is 15.6 Å². The Morgan fingerprint density at radius 3 is 1.14 bits per heavy atom. The van der Waals surface area contributed by atoms with Gasteiger partial charge in [-0.15, -0.1) is 0 Å². The van der Waals surface area contributed by atoms with Crippen LogP contribution in [-0.2, 0) is 5.11 Å². The molecule has 109 valence electrons. The van der Waals surface area contributed by atoms with Gasteiger partial charge in [-0.05, 0) is 21.6 Å². The van der Waals surface area contributed by atoms with Gasteiger partial charge in [0, 0.05) is 0 Å². The molecule has 0 bridgehead atoms. The molecule has 0 unspecified atom stereocenters. The van der Waals surface area contributed by atoms with Crippen LogP contribution in [0.5, 0.6) is 0 Å². The first kappa shape index (κ1) is 14.8. The summed E-state index contributed by atoms with van der Waals surface area (Å²) in [5.41, 5.74) is 0. The fourth-order valence-corrected chi connectivity index (χ4v) is 7.71. The van der Waals surface area contributed by atoms with Crippen molar-refractivity contribution >= 4 is 23.6 Å². The van der Waals surface area contributed by atoms with E-state index in [1.807, 2.05) is 18.2 Å². The number of benzene rings is 3. The van der Waals surface area contributed by atoms with Crippen molar-refractivity contribution in [3.05, 3.63) is 91.0 Å². The van der Waals surface area contributed by atoms with Gasteiger partial charge in [-0.2, -0.15) is 0 Å². The van der Waals surface area contributed by atoms with Crippen molar-refractivity contribution < 1.29 is 5.11 Å². The molecule has 0 N–H and O–H groups in total. The lowest BCUT2D eigenvalue weighted by molar-refractivity contribution is 0.211. The van der Waals surface area contributed by atoms with Crippen molar-refractivity contribution in [1.82, 2.24) is 0 Å². The lowest BCUT2D eigenvalue weighted by Crippen LogP contribution is -2.67. The molecule has 0 saturated carbocycles. The SMILES string of the molecule is [O]CC[Si](c1ccccc1)(c1ccccc1)c1ccccc1. The first-order chi connectivity index (χ1) is 10.9. The summed E-state index contributed by atoms with van der Waals surface area (Å²) < 4.78 is 0. The van der Waals surface area contributed by atoms with Gasteiger partial charge in [0.1, 0.15) is 0 Å². The molecule has 0 aliphatic carbocycles. The Hall–Kier alpha value is -2.16. The van der Waals surface area contributed by atoms with Gasteiger partial charge in [-0.3, -0.25) is 0 Å². The summed E-state index contributed by atoms with van der Waals surface area (Å²) in [6, 6.07) is 32.4. The summed E-state index contributed by atoms with van der Waals surface area (Å²) >= 11 is 0. The van der Waals surface area contributed by atoms with Crippen LogP contribution >= 0.6 is 0 Å². The topological polar surface area (TPSA) is 19.9 Å². The summed E-state index contributed by atoms with van der Waals surface area (Å²) in [5.74, 6) is 0. The molecule has 1 nitrogen and oxygen atoms in total. The van der Waals surface area contributed by atoms with E-state index in [1.54, 1.807) is 0 Å². The summed E-state index contributed by atoms with van der Waals surface area (Å²) in [5, 5.41) is 15.6. The standard InChI is InChI=1S/C20H19OSi/c21-16-17-22(18-10-4-1-5-11-18,19-12-6-2-7-13-19)20-14-8-3-9-15-20/h1-15H,16-17H2. The molecule has 0 aliphatic rings. The normalized spacial score (nSPS) is 11.3. The van der Waals surface area contributed by atoms with Gasteiger partial charge in [0.2, 0.25) is 0 Å². The van der Waals surface area contributed by atoms with E-state index in [2.05, 4.69) is 72.8 Å². The minimum atomic E-state index is -2.24. The van der Waals surface area contributed by atoms with Gasteiger partial charge in [0.25, 0.3) is 0 Å². The van der Waals surface area contributed by atoms with Crippen LogP contribution in [0.2, 0.25) is 6.04 Å². The predicted molar refractivity (Wildman–Crippen MR) is 94.3 cm³/mol. The Bertz CT molecular complexity index is 599. The zero-order chi connectivity index (χ0) is 15.3. The molecule has 3 aromatic carbocycles. The third kappa shape index (κ3) is 2.63. The number of hydrogen-bond donors (Lipinski definition) is 0. The van der Waals surface area contributed by atoms with E-state index in [-0.39, 0.29) is 6.61 Å². The highest BCUT2D eigenvalue weighted by atomic mass is 28.3. The second-order valence-electron chi connectivity index (χ2n) is 5.46. The highest BCUT2D eigenvalue weighted by molar-refractivity contribution is 7.11. The largest absolute Gasteiger partial charge is 0.237 e. The Morgan fingerprint density at radius 1 is 0.545 bits per heavy atom. The molecule has 0 fully saturated rings. The van der Waals surface area contributed by atoms with Crippen LogP contribution < -0.4 is 15.6 Å². The average molecular weight is 303 g/mol. The first-order valence-electron chi connectivity index (χ1n) is 7.62. The monoisotopic (exact) mass is 303 g/mol. The van der Waals surface area contributed by atoms with Crippen LogP contribution in [0.25, 0.3) is 0 Å². The Kier molecular flexibility index (Phi) is 4.52. The van der Waals surface area contributed by atoms with Crippen molar-refractivity contribution in [1.29, 1.82) is 0 Å². The van der Waals surface area contributed by atoms with Crippen molar-refractivity contribution in [2.45, 2.75) is 6.04 Å². The van der Waals surface area contributed by atoms with Gasteiger partial charge < -0.3 is 0 Å². The van der Waals surface area contributed by atoms with Gasteiger partial charge >= 0.3 is 0 Å². The van der Waals surface area contributed by atoms with Crippen molar-refractivity contribution in [3.8, 4) is 0 Å². The molecule has 0 amide bonds. The van der Waals surface area contributed by atoms with E-state index < -0.39 is 8.07 Å². The van der Waals surface area contributed by atoms with E-state index in [4.69, 9.17) is 0 Å². The molecule has 0 saturated heterocycles. The minimum absolute atomic E-state index is 0.0507. The Morgan fingerprint density at radius 2 is 0.864 bits per heavy atom. The molecule has 1 radical (unpaired) electrons. The summed E-state index contributed by atoms with van der Waals surface area (Å²) in [4.78, 5) is 0. The zero-order valence-electron chi connectivity index (χ0n) is 12.5. The van der Waals surface area contributed by atoms with Crippen LogP contribution in [0.15, 0.2) is 91.0 Å². The van der Waals surface area contributed by atoms with Crippen LogP contribution in [-0.4, -0.2) is 14.7 Å². The molecule has 0 atom stereocenters. The minimum Gasteiger partial charge on any atom is -0.237 e. The highest BCUT2D eigenvalue weighted by Crippen LogP contribution is 2.12. The lowest BCUT2D eigenvalue weighted by atomic mass is 10.3. The van der Waals surface area contributed by atoms with Crippen LogP contribution in [0.3, 0.4) is 0 Å². The third-order valence-corrected chi connectivity index (χ3v) is 9.19. The van der Waals surface area contributed by atoms with Crippen molar-refractivity contribution in [2.24, 2.45) is 0 Å². The maximum atomic E-state index is 11.7. The van der Waals surface area contributed by atoms with Crippen LogP contribution in [0.1, 0.15) is 0 Å². The van der Waals surface area contributed by atoms with Crippen LogP contribution in [0.4, 0.5) is 0 Å². The molecule has 3 aromatic rings. The molecule has 3 rings (SSSR count). The van der Waals surface area contributed by atoms with E-state index >= 15 is 0 Å². The van der Waals surface area contributed by atoms with Gasteiger partial charge in [0.05, 0.1) is 6.61 Å². The van der Waals surface area contributed by atoms with Crippen LogP contribution in [0, 0.1) is 0 Å².